The summed E-state index contributed by atoms with van der Waals surface area (Å²) in [5.74, 6) is 0.656. The SMILES string of the molecule is CCCCCCCCCCC(=O)C1CCCOC1. The summed E-state index contributed by atoms with van der Waals surface area (Å²) >= 11 is 0. The largest absolute Gasteiger partial charge is 0.381 e. The van der Waals surface area contributed by atoms with Gasteiger partial charge >= 0.3 is 0 Å². The van der Waals surface area contributed by atoms with E-state index in [1.165, 1.54) is 44.9 Å². The molecular weight excluding hydrogens is 224 g/mol. The van der Waals surface area contributed by atoms with Crippen LogP contribution in [0, 0.1) is 5.92 Å². The molecule has 0 aromatic carbocycles. The Kier molecular flexibility index (Phi) is 9.19. The molecule has 18 heavy (non-hydrogen) atoms. The van der Waals surface area contributed by atoms with Crippen LogP contribution in [-0.4, -0.2) is 19.0 Å². The third-order valence-electron chi connectivity index (χ3n) is 3.89. The fourth-order valence-electron chi connectivity index (χ4n) is 2.63. The summed E-state index contributed by atoms with van der Waals surface area (Å²) in [6.07, 6.45) is 13.3. The molecule has 2 heteroatoms. The number of ether oxygens (including phenoxy) is 1. The van der Waals surface area contributed by atoms with Crippen LogP contribution in [-0.2, 0) is 9.53 Å². The lowest BCUT2D eigenvalue weighted by molar-refractivity contribution is -0.126. The zero-order valence-corrected chi connectivity index (χ0v) is 12.1. The third kappa shape index (κ3) is 7.15. The van der Waals surface area contributed by atoms with Crippen LogP contribution in [0.2, 0.25) is 0 Å². The van der Waals surface area contributed by atoms with E-state index in [9.17, 15) is 4.79 Å². The molecule has 1 unspecified atom stereocenters. The molecule has 1 saturated heterocycles. The minimum absolute atomic E-state index is 0.211. The monoisotopic (exact) mass is 254 g/mol. The van der Waals surface area contributed by atoms with Gasteiger partial charge in [-0.25, -0.2) is 0 Å². The Bertz CT molecular complexity index is 207. The minimum atomic E-state index is 0.211. The van der Waals surface area contributed by atoms with Crippen molar-refractivity contribution in [2.75, 3.05) is 13.2 Å². The van der Waals surface area contributed by atoms with Gasteiger partial charge in [-0.05, 0) is 19.3 Å². The predicted molar refractivity (Wildman–Crippen MR) is 75.8 cm³/mol. The number of rotatable bonds is 10. The third-order valence-corrected chi connectivity index (χ3v) is 3.89. The maximum absolute atomic E-state index is 11.9. The number of carbonyl (C=O) groups is 1. The van der Waals surface area contributed by atoms with Crippen molar-refractivity contribution in [3.63, 3.8) is 0 Å². The van der Waals surface area contributed by atoms with Crippen molar-refractivity contribution >= 4 is 5.78 Å². The van der Waals surface area contributed by atoms with Crippen LogP contribution in [0.25, 0.3) is 0 Å². The molecule has 0 N–H and O–H groups in total. The van der Waals surface area contributed by atoms with Crippen molar-refractivity contribution in [1.29, 1.82) is 0 Å². The summed E-state index contributed by atoms with van der Waals surface area (Å²) in [6, 6.07) is 0. The Morgan fingerprint density at radius 1 is 1.06 bits per heavy atom. The Morgan fingerprint density at radius 2 is 1.72 bits per heavy atom. The van der Waals surface area contributed by atoms with E-state index in [2.05, 4.69) is 6.92 Å². The smallest absolute Gasteiger partial charge is 0.138 e. The molecule has 1 fully saturated rings. The standard InChI is InChI=1S/C16H30O2/c1-2-3-4-5-6-7-8-9-12-16(17)15-11-10-13-18-14-15/h15H,2-14H2,1H3. The lowest BCUT2D eigenvalue weighted by Crippen LogP contribution is -2.25. The van der Waals surface area contributed by atoms with E-state index in [0.29, 0.717) is 12.4 Å². The van der Waals surface area contributed by atoms with Gasteiger partial charge < -0.3 is 4.74 Å². The van der Waals surface area contributed by atoms with Crippen molar-refractivity contribution in [3.05, 3.63) is 0 Å². The van der Waals surface area contributed by atoms with Gasteiger partial charge in [0.2, 0.25) is 0 Å². The van der Waals surface area contributed by atoms with E-state index in [4.69, 9.17) is 4.74 Å². The first kappa shape index (κ1) is 15.7. The molecule has 1 aliphatic rings. The molecule has 0 aromatic heterocycles. The molecule has 0 amide bonds. The number of unbranched alkanes of at least 4 members (excludes halogenated alkanes) is 7. The fourth-order valence-corrected chi connectivity index (χ4v) is 2.63. The summed E-state index contributed by atoms with van der Waals surface area (Å²) in [5, 5.41) is 0. The Hall–Kier alpha value is -0.370. The zero-order valence-electron chi connectivity index (χ0n) is 12.1. The molecule has 0 aromatic rings. The quantitative estimate of drug-likeness (QED) is 0.536. The molecule has 2 nitrogen and oxygen atoms in total. The summed E-state index contributed by atoms with van der Waals surface area (Å²) in [6.45, 7) is 3.78. The summed E-state index contributed by atoms with van der Waals surface area (Å²) in [7, 11) is 0. The average Bonchev–Trinajstić information content (AvgIpc) is 2.42. The van der Waals surface area contributed by atoms with Crippen LogP contribution >= 0.6 is 0 Å². The molecule has 0 saturated carbocycles. The highest BCUT2D eigenvalue weighted by Gasteiger charge is 2.20. The van der Waals surface area contributed by atoms with E-state index >= 15 is 0 Å². The Morgan fingerprint density at radius 3 is 2.33 bits per heavy atom. The summed E-state index contributed by atoms with van der Waals surface area (Å²) < 4.78 is 5.36. The Balaban J connectivity index is 1.89. The summed E-state index contributed by atoms with van der Waals surface area (Å²) in [4.78, 5) is 11.9. The minimum Gasteiger partial charge on any atom is -0.381 e. The molecule has 0 aliphatic carbocycles. The first-order valence-corrected chi connectivity index (χ1v) is 7.95. The van der Waals surface area contributed by atoms with Gasteiger partial charge in [-0.2, -0.15) is 0 Å². The van der Waals surface area contributed by atoms with E-state index in [1.54, 1.807) is 0 Å². The van der Waals surface area contributed by atoms with Crippen molar-refractivity contribution in [3.8, 4) is 0 Å². The van der Waals surface area contributed by atoms with Gasteiger partial charge in [0.1, 0.15) is 5.78 Å². The van der Waals surface area contributed by atoms with Crippen molar-refractivity contribution < 1.29 is 9.53 Å². The molecule has 1 aliphatic heterocycles. The van der Waals surface area contributed by atoms with Gasteiger partial charge in [-0.1, -0.05) is 51.9 Å². The zero-order chi connectivity index (χ0) is 13.1. The topological polar surface area (TPSA) is 26.3 Å². The van der Waals surface area contributed by atoms with Gasteiger partial charge in [0.25, 0.3) is 0 Å². The molecule has 106 valence electrons. The molecule has 0 spiro atoms. The maximum atomic E-state index is 11.9. The fraction of sp³-hybridized carbons (Fsp3) is 0.938. The highest BCUT2D eigenvalue weighted by Crippen LogP contribution is 2.18. The van der Waals surface area contributed by atoms with Gasteiger partial charge in [0, 0.05) is 18.9 Å². The highest BCUT2D eigenvalue weighted by atomic mass is 16.5. The molecule has 0 radical (unpaired) electrons. The second-order valence-corrected chi connectivity index (χ2v) is 5.61. The number of ketones is 1. The van der Waals surface area contributed by atoms with E-state index in [0.717, 1.165) is 32.3 Å². The average molecular weight is 254 g/mol. The predicted octanol–water partition coefficient (Wildman–Crippen LogP) is 4.51. The second-order valence-electron chi connectivity index (χ2n) is 5.61. The van der Waals surface area contributed by atoms with Crippen LogP contribution in [0.1, 0.15) is 77.6 Å². The van der Waals surface area contributed by atoms with E-state index in [-0.39, 0.29) is 5.92 Å². The molecule has 1 heterocycles. The number of hydrogen-bond donors (Lipinski definition) is 0. The highest BCUT2D eigenvalue weighted by molar-refractivity contribution is 5.81. The van der Waals surface area contributed by atoms with E-state index in [1.807, 2.05) is 0 Å². The van der Waals surface area contributed by atoms with Crippen LogP contribution in [0.4, 0.5) is 0 Å². The van der Waals surface area contributed by atoms with Gasteiger partial charge in [-0.15, -0.1) is 0 Å². The molecule has 1 atom stereocenters. The molecule has 1 rings (SSSR count). The van der Waals surface area contributed by atoms with E-state index < -0.39 is 0 Å². The molecule has 0 bridgehead atoms. The number of carbonyl (C=O) groups excluding carboxylic acids is 1. The van der Waals surface area contributed by atoms with Gasteiger partial charge in [0.15, 0.2) is 0 Å². The van der Waals surface area contributed by atoms with Crippen LogP contribution < -0.4 is 0 Å². The van der Waals surface area contributed by atoms with Gasteiger partial charge in [-0.3, -0.25) is 4.79 Å². The van der Waals surface area contributed by atoms with Crippen LogP contribution in [0.3, 0.4) is 0 Å². The first-order valence-electron chi connectivity index (χ1n) is 7.95. The normalized spacial score (nSPS) is 19.9. The molecular formula is C16H30O2. The van der Waals surface area contributed by atoms with Crippen LogP contribution in [0.15, 0.2) is 0 Å². The second kappa shape index (κ2) is 10.5. The van der Waals surface area contributed by atoms with Crippen molar-refractivity contribution in [1.82, 2.24) is 0 Å². The Labute approximate surface area is 112 Å². The maximum Gasteiger partial charge on any atom is 0.138 e. The lowest BCUT2D eigenvalue weighted by atomic mass is 9.94. The van der Waals surface area contributed by atoms with Gasteiger partial charge in [0.05, 0.1) is 6.61 Å². The van der Waals surface area contributed by atoms with Crippen molar-refractivity contribution in [2.45, 2.75) is 77.6 Å². The lowest BCUT2D eigenvalue weighted by Gasteiger charge is -2.20. The number of hydrogen-bond acceptors (Lipinski definition) is 2. The first-order chi connectivity index (χ1) is 8.84. The van der Waals surface area contributed by atoms with Crippen LogP contribution in [0.5, 0.6) is 0 Å². The van der Waals surface area contributed by atoms with Crippen molar-refractivity contribution in [2.24, 2.45) is 5.92 Å². The number of Topliss-reactive ketones (excluding diaryl/α,β-unsaturated/α-hetero) is 1. The summed E-state index contributed by atoms with van der Waals surface area (Å²) in [5.41, 5.74) is 0.